The smallest absolute Gasteiger partial charge is 0.0963 e. The first-order valence-corrected chi connectivity index (χ1v) is 14.2. The summed E-state index contributed by atoms with van der Waals surface area (Å²) in [4.78, 5) is 4.54. The van der Waals surface area contributed by atoms with Crippen molar-refractivity contribution in [1.29, 1.82) is 0 Å². The van der Waals surface area contributed by atoms with Gasteiger partial charge in [-0.15, -0.1) is 11.8 Å². The van der Waals surface area contributed by atoms with E-state index in [4.69, 9.17) is 5.73 Å². The van der Waals surface area contributed by atoms with Crippen LogP contribution in [0.1, 0.15) is 44.1 Å². The lowest BCUT2D eigenvalue weighted by Gasteiger charge is -2.32. The van der Waals surface area contributed by atoms with Gasteiger partial charge in [0.1, 0.15) is 0 Å². The Bertz CT molecular complexity index is 676. The molecular formula is C21H34N4OS3. The lowest BCUT2D eigenvalue weighted by atomic mass is 9.79. The van der Waals surface area contributed by atoms with Gasteiger partial charge in [0.25, 0.3) is 0 Å². The molecule has 0 amide bonds. The molecule has 1 aromatic heterocycles. The van der Waals surface area contributed by atoms with Crippen molar-refractivity contribution in [2.75, 3.05) is 36.9 Å². The van der Waals surface area contributed by atoms with Crippen LogP contribution in [0.2, 0.25) is 0 Å². The molecule has 1 aromatic rings. The van der Waals surface area contributed by atoms with Crippen molar-refractivity contribution in [3.05, 3.63) is 23.9 Å². The molecule has 2 N–H and O–H groups in total. The average molecular weight is 455 g/mol. The second-order valence-electron chi connectivity index (χ2n) is 8.52. The number of rotatable bonds is 7. The lowest BCUT2D eigenvalue weighted by molar-refractivity contribution is 0.256. The molecule has 0 aromatic carbocycles. The monoisotopic (exact) mass is 454 g/mol. The van der Waals surface area contributed by atoms with E-state index in [0.29, 0.717) is 12.6 Å². The van der Waals surface area contributed by atoms with E-state index in [9.17, 15) is 4.21 Å². The molecule has 0 spiro atoms. The molecule has 2 atom stereocenters. The highest BCUT2D eigenvalue weighted by Gasteiger charge is 2.38. The maximum Gasteiger partial charge on any atom is 0.0963 e. The van der Waals surface area contributed by atoms with E-state index in [-0.39, 0.29) is 0 Å². The van der Waals surface area contributed by atoms with Gasteiger partial charge in [-0.3, -0.25) is 4.21 Å². The number of thioether (sulfide) groups is 1. The highest BCUT2D eigenvalue weighted by atomic mass is 32.2. The summed E-state index contributed by atoms with van der Waals surface area (Å²) in [6.07, 6.45) is 10.3. The number of nitrogens with two attached hydrogens (primary N) is 1. The first-order valence-electron chi connectivity index (χ1n) is 11.0. The predicted molar refractivity (Wildman–Crippen MR) is 125 cm³/mol. The van der Waals surface area contributed by atoms with Crippen molar-refractivity contribution in [1.82, 2.24) is 13.6 Å². The van der Waals surface area contributed by atoms with Gasteiger partial charge in [-0.2, -0.15) is 0 Å². The predicted octanol–water partition coefficient (Wildman–Crippen LogP) is 3.53. The van der Waals surface area contributed by atoms with Gasteiger partial charge < -0.3 is 5.73 Å². The van der Waals surface area contributed by atoms with Gasteiger partial charge in [0.15, 0.2) is 0 Å². The van der Waals surface area contributed by atoms with E-state index in [1.165, 1.54) is 45.1 Å². The fourth-order valence-electron chi connectivity index (χ4n) is 4.81. The van der Waals surface area contributed by atoms with E-state index in [1.807, 2.05) is 36.2 Å². The third-order valence-electron chi connectivity index (χ3n) is 6.53. The summed E-state index contributed by atoms with van der Waals surface area (Å²) >= 11 is 3.80. The van der Waals surface area contributed by atoms with Gasteiger partial charge in [-0.05, 0) is 36.0 Å². The van der Waals surface area contributed by atoms with Crippen LogP contribution in [0.15, 0.2) is 23.4 Å². The zero-order valence-electron chi connectivity index (χ0n) is 17.2. The number of hydrogen-bond acceptors (Lipinski definition) is 7. The van der Waals surface area contributed by atoms with E-state index < -0.39 is 10.8 Å². The van der Waals surface area contributed by atoms with E-state index >= 15 is 0 Å². The van der Waals surface area contributed by atoms with Crippen molar-refractivity contribution in [2.24, 2.45) is 17.6 Å². The molecule has 0 radical (unpaired) electrons. The molecule has 3 aliphatic rings. The van der Waals surface area contributed by atoms with E-state index in [0.717, 1.165) is 52.8 Å². The second kappa shape index (κ2) is 11.0. The number of nitrogens with zero attached hydrogens (tertiary/aromatic N) is 3. The molecule has 2 unspecified atom stereocenters. The van der Waals surface area contributed by atoms with Crippen molar-refractivity contribution in [3.8, 4) is 0 Å². The minimum Gasteiger partial charge on any atom is -0.326 e. The minimum atomic E-state index is -0.611. The topological polar surface area (TPSA) is 62.5 Å². The van der Waals surface area contributed by atoms with Crippen LogP contribution >= 0.6 is 23.9 Å². The van der Waals surface area contributed by atoms with Crippen molar-refractivity contribution in [3.63, 3.8) is 0 Å². The van der Waals surface area contributed by atoms with Crippen LogP contribution in [0.4, 0.5) is 0 Å². The van der Waals surface area contributed by atoms with Crippen LogP contribution in [0.3, 0.4) is 0 Å². The normalized spacial score (nSPS) is 28.2. The molecule has 29 heavy (non-hydrogen) atoms. The molecule has 3 fully saturated rings. The molecule has 162 valence electrons. The Morgan fingerprint density at radius 2 is 1.97 bits per heavy atom. The van der Waals surface area contributed by atoms with Crippen LogP contribution in [-0.2, 0) is 17.3 Å². The Morgan fingerprint density at radius 3 is 2.72 bits per heavy atom. The maximum absolute atomic E-state index is 11.7. The molecule has 1 saturated carbocycles. The molecule has 2 aliphatic heterocycles. The Hall–Kier alpha value is -0.120. The summed E-state index contributed by atoms with van der Waals surface area (Å²) in [5.74, 6) is 4.46. The Kier molecular flexibility index (Phi) is 8.34. The van der Waals surface area contributed by atoms with Gasteiger partial charge >= 0.3 is 0 Å². The minimum absolute atomic E-state index is 0.571. The first kappa shape index (κ1) is 22.1. The Morgan fingerprint density at radius 1 is 1.17 bits per heavy atom. The van der Waals surface area contributed by atoms with Crippen LogP contribution in [0.5, 0.6) is 0 Å². The van der Waals surface area contributed by atoms with Gasteiger partial charge in [0.2, 0.25) is 0 Å². The summed E-state index contributed by atoms with van der Waals surface area (Å²) in [5, 5.41) is 1.09. The summed E-state index contributed by atoms with van der Waals surface area (Å²) in [5.41, 5.74) is 6.95. The lowest BCUT2D eigenvalue weighted by Crippen LogP contribution is -2.38. The summed E-state index contributed by atoms with van der Waals surface area (Å²) in [6.45, 7) is 3.67. The van der Waals surface area contributed by atoms with E-state index in [1.54, 1.807) is 0 Å². The largest absolute Gasteiger partial charge is 0.326 e. The fourth-order valence-corrected chi connectivity index (χ4v) is 8.43. The van der Waals surface area contributed by atoms with Crippen molar-refractivity contribution in [2.45, 2.75) is 56.1 Å². The second-order valence-corrected chi connectivity index (χ2v) is 12.4. The summed E-state index contributed by atoms with van der Waals surface area (Å²) in [7, 11) is -0.611. The van der Waals surface area contributed by atoms with Gasteiger partial charge in [-0.1, -0.05) is 32.1 Å². The molecule has 3 heterocycles. The third kappa shape index (κ3) is 6.20. The van der Waals surface area contributed by atoms with Crippen LogP contribution in [0, 0.1) is 11.8 Å². The van der Waals surface area contributed by atoms with Gasteiger partial charge in [0, 0.05) is 78.6 Å². The molecule has 5 nitrogen and oxygen atoms in total. The average Bonchev–Trinajstić information content (AvgIpc) is 3.17. The Balaban J connectivity index is 1.38. The SMILES string of the molecule is NCc1ccnc(SCC2CC(C3CCCCC3)CN2SN2CCS(=O)CC2)c1. The first-order chi connectivity index (χ1) is 14.2. The highest BCUT2D eigenvalue weighted by Crippen LogP contribution is 2.41. The number of hydrogen-bond donors (Lipinski definition) is 1. The van der Waals surface area contributed by atoms with Crippen molar-refractivity contribution >= 4 is 34.7 Å². The zero-order valence-corrected chi connectivity index (χ0v) is 19.7. The molecule has 2 saturated heterocycles. The molecule has 0 bridgehead atoms. The van der Waals surface area contributed by atoms with Gasteiger partial charge in [0.05, 0.1) is 5.03 Å². The molecule has 8 heteroatoms. The number of pyridine rings is 1. The maximum atomic E-state index is 11.7. The fraction of sp³-hybridized carbons (Fsp3) is 0.762. The number of aromatic nitrogens is 1. The molecule has 1 aliphatic carbocycles. The van der Waals surface area contributed by atoms with Crippen LogP contribution in [-0.4, -0.2) is 60.7 Å². The molecular weight excluding hydrogens is 420 g/mol. The quantitative estimate of drug-likeness (QED) is 0.499. The zero-order chi connectivity index (χ0) is 20.1. The standard InChI is InChI=1S/C21H34N4OS3/c22-14-17-6-7-23-21(12-17)27-16-20-13-19(18-4-2-1-3-5-18)15-25(20)28-24-8-10-29(26)11-9-24/h6-7,12,18-20H,1-5,8-11,13-16,22H2. The van der Waals surface area contributed by atoms with Crippen molar-refractivity contribution < 1.29 is 4.21 Å². The third-order valence-corrected chi connectivity index (χ3v) is 10.1. The van der Waals surface area contributed by atoms with E-state index in [2.05, 4.69) is 19.7 Å². The highest BCUT2D eigenvalue weighted by molar-refractivity contribution is 7.99. The Labute approximate surface area is 186 Å². The van der Waals surface area contributed by atoms with Gasteiger partial charge in [-0.25, -0.2) is 13.6 Å². The van der Waals surface area contributed by atoms with Crippen LogP contribution < -0.4 is 5.73 Å². The molecule has 4 rings (SSSR count). The summed E-state index contributed by atoms with van der Waals surface area (Å²) < 4.78 is 16.8. The summed E-state index contributed by atoms with van der Waals surface area (Å²) in [6, 6.07) is 4.71. The van der Waals surface area contributed by atoms with Crippen LogP contribution in [0.25, 0.3) is 0 Å².